The molecule has 0 saturated carbocycles. The number of benzene rings is 1. The number of carbonyl (C=O) groups excluding carboxylic acids is 1. The number of ether oxygens (including phenoxy) is 1. The summed E-state index contributed by atoms with van der Waals surface area (Å²) in [6.07, 6.45) is 4.75. The second-order valence-corrected chi connectivity index (χ2v) is 7.26. The van der Waals surface area contributed by atoms with E-state index in [-0.39, 0.29) is 0 Å². The highest BCUT2D eigenvalue weighted by molar-refractivity contribution is 14.1. The molecule has 3 rings (SSSR count). The Hall–Kier alpha value is -1.96. The molecule has 0 N–H and O–H groups in total. The van der Waals surface area contributed by atoms with Gasteiger partial charge in [-0.15, -0.1) is 0 Å². The summed E-state index contributed by atoms with van der Waals surface area (Å²) >= 11 is 2.22. The Morgan fingerprint density at radius 2 is 1.87 bits per heavy atom. The molecule has 0 amide bonds. The molecule has 0 unspecified atom stereocenters. The van der Waals surface area contributed by atoms with Gasteiger partial charge in [-0.2, -0.15) is 0 Å². The first-order valence-corrected chi connectivity index (χ1v) is 8.25. The average Bonchev–Trinajstić information content (AvgIpc) is 2.84. The smallest absolute Gasteiger partial charge is 0.419 e. The van der Waals surface area contributed by atoms with Crippen LogP contribution in [-0.2, 0) is 4.74 Å². The van der Waals surface area contributed by atoms with Crippen LogP contribution in [-0.4, -0.2) is 26.2 Å². The largest absolute Gasteiger partial charge is 0.443 e. The Morgan fingerprint density at radius 1 is 1.17 bits per heavy atom. The molecule has 1 aromatic carbocycles. The fraction of sp³-hybridized carbons (Fsp3) is 0.235. The third-order valence-electron chi connectivity index (χ3n) is 3.17. The van der Waals surface area contributed by atoms with E-state index < -0.39 is 11.7 Å². The Labute approximate surface area is 147 Å². The summed E-state index contributed by atoms with van der Waals surface area (Å²) in [5.41, 5.74) is 1.01. The summed E-state index contributed by atoms with van der Waals surface area (Å²) in [6, 6.07) is 7.59. The molecule has 0 aliphatic heterocycles. The van der Waals surface area contributed by atoms with Gasteiger partial charge in [-0.3, -0.25) is 4.57 Å². The summed E-state index contributed by atoms with van der Waals surface area (Å²) in [7, 11) is 0. The number of rotatable bonds is 1. The van der Waals surface area contributed by atoms with Gasteiger partial charge < -0.3 is 4.74 Å². The highest BCUT2D eigenvalue weighted by Crippen LogP contribution is 2.31. The minimum absolute atomic E-state index is 0.409. The molecule has 0 aliphatic carbocycles. The lowest BCUT2D eigenvalue weighted by atomic mass is 10.1. The van der Waals surface area contributed by atoms with Gasteiger partial charge in [-0.05, 0) is 55.5 Å². The zero-order valence-corrected chi connectivity index (χ0v) is 15.2. The van der Waals surface area contributed by atoms with Crippen LogP contribution in [0.25, 0.3) is 22.3 Å². The monoisotopic (exact) mass is 421 g/mol. The number of carbonyl (C=O) groups is 1. The normalized spacial score (nSPS) is 11.7. The molecular weight excluding hydrogens is 405 g/mol. The van der Waals surface area contributed by atoms with Gasteiger partial charge in [0.15, 0.2) is 5.82 Å². The summed E-state index contributed by atoms with van der Waals surface area (Å²) in [4.78, 5) is 21.2. The Balaban J connectivity index is 2.22. The van der Waals surface area contributed by atoms with Gasteiger partial charge in [-0.1, -0.05) is 12.1 Å². The average molecular weight is 421 g/mol. The Bertz CT molecular complexity index is 867. The molecule has 2 heterocycles. The summed E-state index contributed by atoms with van der Waals surface area (Å²) in [5, 5.41) is 0.974. The van der Waals surface area contributed by atoms with Crippen LogP contribution in [0.3, 0.4) is 0 Å². The van der Waals surface area contributed by atoms with Gasteiger partial charge in [0.05, 0.1) is 5.52 Å². The lowest BCUT2D eigenvalue weighted by Gasteiger charge is -2.20. The molecule has 6 heteroatoms. The molecule has 0 bridgehead atoms. The van der Waals surface area contributed by atoms with Gasteiger partial charge in [0.1, 0.15) is 5.60 Å². The van der Waals surface area contributed by atoms with Gasteiger partial charge in [-0.25, -0.2) is 14.8 Å². The number of para-hydroxylation sites is 1. The lowest BCUT2D eigenvalue weighted by molar-refractivity contribution is 0.0544. The van der Waals surface area contributed by atoms with Crippen molar-refractivity contribution in [1.82, 2.24) is 14.5 Å². The zero-order chi connectivity index (χ0) is 16.6. The predicted molar refractivity (Wildman–Crippen MR) is 97.3 cm³/mol. The van der Waals surface area contributed by atoms with Crippen molar-refractivity contribution in [1.29, 1.82) is 0 Å². The predicted octanol–water partition coefficient (Wildman–Crippen LogP) is 4.49. The summed E-state index contributed by atoms with van der Waals surface area (Å²) in [5.74, 6) is 0.581. The topological polar surface area (TPSA) is 57.0 Å². The summed E-state index contributed by atoms with van der Waals surface area (Å²) < 4.78 is 8.03. The molecule has 118 valence electrons. The van der Waals surface area contributed by atoms with Crippen molar-refractivity contribution in [2.45, 2.75) is 26.4 Å². The van der Waals surface area contributed by atoms with Crippen LogP contribution in [0.15, 0.2) is 42.9 Å². The molecular formula is C17H16IN3O2. The first-order chi connectivity index (χ1) is 10.9. The third kappa shape index (κ3) is 3.21. The molecule has 5 nitrogen and oxygen atoms in total. The Morgan fingerprint density at radius 3 is 2.52 bits per heavy atom. The molecule has 0 fully saturated rings. The third-order valence-corrected chi connectivity index (χ3v) is 4.03. The highest BCUT2D eigenvalue weighted by Gasteiger charge is 2.22. The minimum Gasteiger partial charge on any atom is -0.443 e. The maximum Gasteiger partial charge on any atom is 0.419 e. The second-order valence-electron chi connectivity index (χ2n) is 6.10. The van der Waals surface area contributed by atoms with E-state index in [9.17, 15) is 4.79 Å². The maximum absolute atomic E-state index is 12.6. The van der Waals surface area contributed by atoms with Crippen molar-refractivity contribution in [3.63, 3.8) is 0 Å². The van der Waals surface area contributed by atoms with Crippen LogP contribution in [0, 0.1) is 3.57 Å². The van der Waals surface area contributed by atoms with E-state index in [0.29, 0.717) is 5.82 Å². The van der Waals surface area contributed by atoms with Crippen molar-refractivity contribution in [3.05, 3.63) is 46.4 Å². The van der Waals surface area contributed by atoms with E-state index in [1.165, 1.54) is 4.57 Å². The van der Waals surface area contributed by atoms with E-state index in [2.05, 4.69) is 32.6 Å². The molecule has 2 aromatic heterocycles. The molecule has 0 radical (unpaired) electrons. The van der Waals surface area contributed by atoms with Crippen LogP contribution in [0.5, 0.6) is 0 Å². The quantitative estimate of drug-likeness (QED) is 0.544. The number of nitrogens with zero attached hydrogens (tertiary/aromatic N) is 3. The molecule has 23 heavy (non-hydrogen) atoms. The number of aromatic nitrogens is 3. The van der Waals surface area contributed by atoms with Crippen LogP contribution in [0.1, 0.15) is 20.8 Å². The van der Waals surface area contributed by atoms with Crippen molar-refractivity contribution < 1.29 is 9.53 Å². The number of hydrogen-bond donors (Lipinski definition) is 0. The molecule has 0 aliphatic rings. The minimum atomic E-state index is -0.558. The first-order valence-electron chi connectivity index (χ1n) is 7.17. The zero-order valence-electron chi connectivity index (χ0n) is 13.1. The van der Waals surface area contributed by atoms with Crippen LogP contribution >= 0.6 is 22.6 Å². The first kappa shape index (κ1) is 15.9. The van der Waals surface area contributed by atoms with Crippen molar-refractivity contribution >= 4 is 39.6 Å². The van der Waals surface area contributed by atoms with E-state index in [4.69, 9.17) is 4.74 Å². The van der Waals surface area contributed by atoms with Gasteiger partial charge in [0.25, 0.3) is 0 Å². The molecule has 0 saturated heterocycles. The standard InChI is InChI=1S/C17H16IN3O2/c1-17(2,3)23-16(22)21-10-13(18)11-6-4-7-12(14(11)21)15-19-8-5-9-20-15/h4-10H,1-3H3. The highest BCUT2D eigenvalue weighted by atomic mass is 127. The number of fused-ring (bicyclic) bond motifs is 1. The second kappa shape index (κ2) is 5.92. The summed E-state index contributed by atoms with van der Waals surface area (Å²) in [6.45, 7) is 5.55. The van der Waals surface area contributed by atoms with Crippen LogP contribution < -0.4 is 0 Å². The van der Waals surface area contributed by atoms with Gasteiger partial charge in [0.2, 0.25) is 0 Å². The molecule has 0 atom stereocenters. The van der Waals surface area contributed by atoms with E-state index in [1.54, 1.807) is 24.7 Å². The fourth-order valence-corrected chi connectivity index (χ4v) is 3.03. The molecule has 0 spiro atoms. The lowest BCUT2D eigenvalue weighted by Crippen LogP contribution is -2.26. The van der Waals surface area contributed by atoms with Crippen molar-refractivity contribution in [3.8, 4) is 11.4 Å². The fourth-order valence-electron chi connectivity index (χ4n) is 2.32. The van der Waals surface area contributed by atoms with Gasteiger partial charge in [0, 0.05) is 33.1 Å². The Kier molecular flexibility index (Phi) is 4.09. The van der Waals surface area contributed by atoms with Crippen molar-refractivity contribution in [2.24, 2.45) is 0 Å². The number of hydrogen-bond acceptors (Lipinski definition) is 4. The van der Waals surface area contributed by atoms with E-state index in [0.717, 1.165) is 20.0 Å². The van der Waals surface area contributed by atoms with Crippen LogP contribution in [0.2, 0.25) is 0 Å². The molecule has 3 aromatic rings. The van der Waals surface area contributed by atoms with Gasteiger partial charge >= 0.3 is 6.09 Å². The SMILES string of the molecule is CC(C)(C)OC(=O)n1cc(I)c2cccc(-c3ncccn3)c21. The van der Waals surface area contributed by atoms with Crippen LogP contribution in [0.4, 0.5) is 4.79 Å². The number of halogens is 1. The van der Waals surface area contributed by atoms with E-state index in [1.807, 2.05) is 39.0 Å². The van der Waals surface area contributed by atoms with E-state index >= 15 is 0 Å². The maximum atomic E-state index is 12.6. The van der Waals surface area contributed by atoms with Crippen molar-refractivity contribution in [2.75, 3.05) is 0 Å².